The molecule has 0 atom stereocenters. The SMILES string of the molecule is Cc1ccccc1-n1c(C)nnc1Sc1ccc2nnc(-c3ccsc3)n2n1. The molecule has 0 aliphatic heterocycles. The summed E-state index contributed by atoms with van der Waals surface area (Å²) in [5.41, 5.74) is 3.94. The fourth-order valence-electron chi connectivity index (χ4n) is 2.99. The average Bonchev–Trinajstić information content (AvgIpc) is 3.43. The van der Waals surface area contributed by atoms with E-state index in [4.69, 9.17) is 5.10 Å². The maximum atomic E-state index is 4.73. The lowest BCUT2D eigenvalue weighted by atomic mass is 10.2. The molecule has 0 amide bonds. The zero-order valence-corrected chi connectivity index (χ0v) is 16.8. The summed E-state index contributed by atoms with van der Waals surface area (Å²) in [6.45, 7) is 4.03. The van der Waals surface area contributed by atoms with E-state index in [1.54, 1.807) is 15.9 Å². The molecule has 28 heavy (non-hydrogen) atoms. The van der Waals surface area contributed by atoms with Crippen LogP contribution in [0.5, 0.6) is 0 Å². The van der Waals surface area contributed by atoms with Crippen LogP contribution in [0.25, 0.3) is 22.7 Å². The van der Waals surface area contributed by atoms with E-state index < -0.39 is 0 Å². The molecule has 7 nitrogen and oxygen atoms in total. The molecule has 138 valence electrons. The minimum atomic E-state index is 0.710. The van der Waals surface area contributed by atoms with E-state index in [1.165, 1.54) is 11.8 Å². The van der Waals surface area contributed by atoms with Gasteiger partial charge in [-0.1, -0.05) is 18.2 Å². The molecule has 0 spiro atoms. The van der Waals surface area contributed by atoms with Crippen molar-refractivity contribution >= 4 is 28.7 Å². The van der Waals surface area contributed by atoms with Crippen molar-refractivity contribution in [2.75, 3.05) is 0 Å². The highest BCUT2D eigenvalue weighted by molar-refractivity contribution is 7.99. The van der Waals surface area contributed by atoms with Crippen LogP contribution in [0.3, 0.4) is 0 Å². The van der Waals surface area contributed by atoms with Crippen LogP contribution in [0.15, 0.2) is 63.4 Å². The van der Waals surface area contributed by atoms with Gasteiger partial charge in [0.05, 0.1) is 5.69 Å². The Bertz CT molecular complexity index is 1270. The number of hydrogen-bond donors (Lipinski definition) is 0. The van der Waals surface area contributed by atoms with Crippen molar-refractivity contribution in [1.29, 1.82) is 0 Å². The number of rotatable bonds is 4. The van der Waals surface area contributed by atoms with E-state index in [0.29, 0.717) is 5.65 Å². The van der Waals surface area contributed by atoms with Crippen LogP contribution in [0, 0.1) is 13.8 Å². The molecular formula is C19H15N7S2. The Morgan fingerprint density at radius 2 is 1.82 bits per heavy atom. The van der Waals surface area contributed by atoms with Crippen molar-refractivity contribution in [2.24, 2.45) is 0 Å². The van der Waals surface area contributed by atoms with Gasteiger partial charge in [-0.25, -0.2) is 0 Å². The fourth-order valence-corrected chi connectivity index (χ4v) is 4.48. The van der Waals surface area contributed by atoms with E-state index >= 15 is 0 Å². The molecule has 0 N–H and O–H groups in total. The van der Waals surface area contributed by atoms with Crippen molar-refractivity contribution in [2.45, 2.75) is 24.0 Å². The Morgan fingerprint density at radius 3 is 2.64 bits per heavy atom. The number of fused-ring (bicyclic) bond motifs is 1. The quantitative estimate of drug-likeness (QED) is 0.446. The third-order valence-corrected chi connectivity index (χ3v) is 5.92. The Morgan fingerprint density at radius 1 is 0.929 bits per heavy atom. The number of aryl methyl sites for hydroxylation is 2. The first-order valence-electron chi connectivity index (χ1n) is 8.61. The van der Waals surface area contributed by atoms with Crippen molar-refractivity contribution in [1.82, 2.24) is 34.6 Å². The van der Waals surface area contributed by atoms with Crippen LogP contribution in [0.4, 0.5) is 0 Å². The number of benzene rings is 1. The number of nitrogens with zero attached hydrogens (tertiary/aromatic N) is 7. The topological polar surface area (TPSA) is 73.8 Å². The molecule has 9 heteroatoms. The second-order valence-corrected chi connectivity index (χ2v) is 8.00. The lowest BCUT2D eigenvalue weighted by Gasteiger charge is -2.10. The third kappa shape index (κ3) is 2.88. The van der Waals surface area contributed by atoms with Crippen molar-refractivity contribution in [3.05, 3.63) is 64.6 Å². The average molecular weight is 406 g/mol. The van der Waals surface area contributed by atoms with E-state index in [1.807, 2.05) is 48.0 Å². The maximum Gasteiger partial charge on any atom is 0.202 e. The van der Waals surface area contributed by atoms with E-state index in [9.17, 15) is 0 Å². The summed E-state index contributed by atoms with van der Waals surface area (Å²) >= 11 is 3.09. The summed E-state index contributed by atoms with van der Waals surface area (Å²) in [5.74, 6) is 1.57. The van der Waals surface area contributed by atoms with E-state index in [0.717, 1.165) is 38.6 Å². The molecule has 5 rings (SSSR count). The highest BCUT2D eigenvalue weighted by Crippen LogP contribution is 2.29. The van der Waals surface area contributed by atoms with Gasteiger partial charge in [-0.3, -0.25) is 4.57 Å². The lowest BCUT2D eigenvalue weighted by molar-refractivity contribution is 0.836. The molecule has 4 heterocycles. The lowest BCUT2D eigenvalue weighted by Crippen LogP contribution is -2.02. The highest BCUT2D eigenvalue weighted by Gasteiger charge is 2.16. The van der Waals surface area contributed by atoms with Crippen molar-refractivity contribution in [3.8, 4) is 17.1 Å². The second-order valence-electron chi connectivity index (χ2n) is 6.23. The number of para-hydroxylation sites is 1. The Labute approximate surface area is 169 Å². The summed E-state index contributed by atoms with van der Waals surface area (Å²) in [6, 6.07) is 14.1. The maximum absolute atomic E-state index is 4.73. The third-order valence-electron chi connectivity index (χ3n) is 4.37. The summed E-state index contributed by atoms with van der Waals surface area (Å²) < 4.78 is 3.82. The van der Waals surface area contributed by atoms with Gasteiger partial charge in [-0.05, 0) is 60.8 Å². The fraction of sp³-hybridized carbons (Fsp3) is 0.105. The molecule has 0 aliphatic rings. The molecule has 5 aromatic rings. The van der Waals surface area contributed by atoms with Gasteiger partial charge < -0.3 is 0 Å². The van der Waals surface area contributed by atoms with Crippen molar-refractivity contribution in [3.63, 3.8) is 0 Å². The van der Waals surface area contributed by atoms with Gasteiger partial charge in [-0.2, -0.15) is 21.0 Å². The monoisotopic (exact) mass is 405 g/mol. The zero-order chi connectivity index (χ0) is 19.1. The normalized spacial score (nSPS) is 11.4. The summed E-state index contributed by atoms with van der Waals surface area (Å²) in [4.78, 5) is 0. The van der Waals surface area contributed by atoms with Crippen LogP contribution in [-0.4, -0.2) is 34.6 Å². The number of aromatic nitrogens is 7. The molecule has 0 unspecified atom stereocenters. The Hall–Kier alpha value is -3.04. The summed E-state index contributed by atoms with van der Waals surface area (Å²) in [5, 5.41) is 27.5. The van der Waals surface area contributed by atoms with Crippen LogP contribution < -0.4 is 0 Å². The predicted octanol–water partition coefficient (Wildman–Crippen LogP) is 4.20. The number of thiophene rings is 1. The van der Waals surface area contributed by atoms with E-state index in [2.05, 4.69) is 44.0 Å². The van der Waals surface area contributed by atoms with Gasteiger partial charge in [0, 0.05) is 10.9 Å². The Kier molecular flexibility index (Phi) is 4.18. The number of hydrogen-bond acceptors (Lipinski definition) is 7. The largest absolute Gasteiger partial charge is 0.274 e. The summed E-state index contributed by atoms with van der Waals surface area (Å²) in [7, 11) is 0. The molecular weight excluding hydrogens is 390 g/mol. The molecule has 0 aliphatic carbocycles. The minimum absolute atomic E-state index is 0.710. The van der Waals surface area contributed by atoms with Crippen molar-refractivity contribution < 1.29 is 0 Å². The second kappa shape index (κ2) is 6.84. The minimum Gasteiger partial charge on any atom is -0.274 e. The van der Waals surface area contributed by atoms with E-state index in [-0.39, 0.29) is 0 Å². The van der Waals surface area contributed by atoms with Gasteiger partial charge in [-0.15, -0.1) is 20.4 Å². The van der Waals surface area contributed by atoms with Crippen LogP contribution >= 0.6 is 23.1 Å². The predicted molar refractivity (Wildman–Crippen MR) is 109 cm³/mol. The first-order chi connectivity index (χ1) is 13.7. The molecule has 0 bridgehead atoms. The summed E-state index contributed by atoms with van der Waals surface area (Å²) in [6.07, 6.45) is 0. The van der Waals surface area contributed by atoms with Gasteiger partial charge >= 0.3 is 0 Å². The zero-order valence-electron chi connectivity index (χ0n) is 15.1. The molecule has 1 aromatic carbocycles. The Balaban J connectivity index is 1.57. The molecule has 4 aromatic heterocycles. The standard InChI is InChI=1S/C19H15N7S2/c1-12-5-3-4-6-15(12)25-13(2)20-23-19(25)28-17-8-7-16-21-22-18(26(16)24-17)14-9-10-27-11-14/h3-11H,1-2H3. The van der Waals surface area contributed by atoms with Gasteiger partial charge in [0.15, 0.2) is 11.5 Å². The molecule has 0 radical (unpaired) electrons. The van der Waals surface area contributed by atoms with Gasteiger partial charge in [0.2, 0.25) is 5.16 Å². The smallest absolute Gasteiger partial charge is 0.202 e. The van der Waals surface area contributed by atoms with Gasteiger partial charge in [0.1, 0.15) is 10.9 Å². The molecule has 0 saturated carbocycles. The first-order valence-corrected chi connectivity index (χ1v) is 10.4. The molecule has 0 saturated heterocycles. The van der Waals surface area contributed by atoms with Gasteiger partial charge in [0.25, 0.3) is 0 Å². The highest BCUT2D eigenvalue weighted by atomic mass is 32.2. The van der Waals surface area contributed by atoms with Crippen LogP contribution in [0.1, 0.15) is 11.4 Å². The molecule has 0 fully saturated rings. The van der Waals surface area contributed by atoms with Crippen LogP contribution in [-0.2, 0) is 0 Å². The van der Waals surface area contributed by atoms with Crippen LogP contribution in [0.2, 0.25) is 0 Å². The first kappa shape index (κ1) is 17.1.